The number of imide groups is 1. The molecule has 0 aliphatic carbocycles. The second kappa shape index (κ2) is 7.56. The monoisotopic (exact) mass is 387 g/mol. The second-order valence-corrected chi connectivity index (χ2v) is 7.42. The maximum absolute atomic E-state index is 13.3. The number of anilines is 1. The highest BCUT2D eigenvalue weighted by molar-refractivity contribution is 8.04. The van der Waals surface area contributed by atoms with E-state index in [9.17, 15) is 9.59 Å². The van der Waals surface area contributed by atoms with Crippen molar-refractivity contribution in [3.8, 4) is 5.75 Å². The molecule has 0 radical (unpaired) electrons. The number of para-hydroxylation sites is 1. The third-order valence-corrected chi connectivity index (χ3v) is 5.31. The second-order valence-electron chi connectivity index (χ2n) is 5.71. The van der Waals surface area contributed by atoms with E-state index in [0.29, 0.717) is 38.3 Å². The Morgan fingerprint density at radius 1 is 1.12 bits per heavy atom. The number of carbonyl (C=O) groups excluding carboxylic acids is 2. The minimum atomic E-state index is -0.360. The van der Waals surface area contributed by atoms with Gasteiger partial charge in [-0.25, -0.2) is 4.90 Å². The van der Waals surface area contributed by atoms with Crippen LogP contribution in [0.2, 0.25) is 5.02 Å². The van der Waals surface area contributed by atoms with E-state index in [0.717, 1.165) is 5.56 Å². The molecule has 0 bridgehead atoms. The molecule has 6 heteroatoms. The maximum Gasteiger partial charge on any atom is 0.272 e. The van der Waals surface area contributed by atoms with Gasteiger partial charge in [0.05, 0.1) is 23.3 Å². The van der Waals surface area contributed by atoms with Crippen LogP contribution in [0.1, 0.15) is 18.1 Å². The highest BCUT2D eigenvalue weighted by Crippen LogP contribution is 2.42. The van der Waals surface area contributed by atoms with Crippen molar-refractivity contribution in [2.75, 3.05) is 17.8 Å². The number of amides is 2. The number of methoxy groups -OCH3 is 1. The molecular formula is C20H18ClNO3S. The summed E-state index contributed by atoms with van der Waals surface area (Å²) in [5, 5.41) is 0.474. The molecule has 0 aromatic heterocycles. The Balaban J connectivity index is 2.18. The molecule has 0 saturated heterocycles. The van der Waals surface area contributed by atoms with Crippen molar-refractivity contribution in [1.82, 2.24) is 0 Å². The number of aryl methyl sites for hydroxylation is 1. The number of ether oxygens (including phenoxy) is 1. The Morgan fingerprint density at radius 2 is 1.85 bits per heavy atom. The number of hydrogen-bond donors (Lipinski definition) is 0. The number of carbonyl (C=O) groups is 2. The summed E-state index contributed by atoms with van der Waals surface area (Å²) in [5.74, 6) is 0.548. The fraction of sp³-hybridized carbons (Fsp3) is 0.200. The van der Waals surface area contributed by atoms with Gasteiger partial charge >= 0.3 is 0 Å². The van der Waals surface area contributed by atoms with Crippen LogP contribution in [0.15, 0.2) is 47.4 Å². The largest absolute Gasteiger partial charge is 0.496 e. The summed E-state index contributed by atoms with van der Waals surface area (Å²) in [7, 11) is 1.55. The molecule has 2 aromatic carbocycles. The Bertz CT molecular complexity index is 923. The molecule has 2 amide bonds. The van der Waals surface area contributed by atoms with Gasteiger partial charge in [0.1, 0.15) is 5.75 Å². The van der Waals surface area contributed by atoms with Gasteiger partial charge in [0.25, 0.3) is 11.8 Å². The third kappa shape index (κ3) is 3.13. The Labute approximate surface area is 161 Å². The van der Waals surface area contributed by atoms with Crippen molar-refractivity contribution >= 4 is 46.4 Å². The van der Waals surface area contributed by atoms with Gasteiger partial charge in [-0.05, 0) is 36.4 Å². The Hall–Kier alpha value is -2.24. The SMILES string of the molecule is CCSC1=C(c2ccccc2OC)C(=O)N(c2cc(Cl)ccc2C)C1=O. The fourth-order valence-corrected chi connectivity index (χ4v) is 3.93. The van der Waals surface area contributed by atoms with E-state index in [2.05, 4.69) is 0 Å². The van der Waals surface area contributed by atoms with Crippen molar-refractivity contribution in [3.05, 3.63) is 63.5 Å². The molecule has 0 saturated carbocycles. The molecule has 1 aliphatic heterocycles. The number of halogens is 1. The van der Waals surface area contributed by atoms with Gasteiger partial charge in [0.15, 0.2) is 0 Å². The number of rotatable bonds is 5. The van der Waals surface area contributed by atoms with Crippen molar-refractivity contribution in [2.45, 2.75) is 13.8 Å². The quantitative estimate of drug-likeness (QED) is 0.698. The molecule has 2 aromatic rings. The molecule has 26 heavy (non-hydrogen) atoms. The van der Waals surface area contributed by atoms with Crippen LogP contribution >= 0.6 is 23.4 Å². The molecule has 0 N–H and O–H groups in total. The summed E-state index contributed by atoms with van der Waals surface area (Å²) in [6, 6.07) is 12.4. The number of thioether (sulfide) groups is 1. The first-order valence-corrected chi connectivity index (χ1v) is 9.51. The Kier molecular flexibility index (Phi) is 5.39. The predicted molar refractivity (Wildman–Crippen MR) is 107 cm³/mol. The lowest BCUT2D eigenvalue weighted by atomic mass is 10.0. The smallest absolute Gasteiger partial charge is 0.272 e. The summed E-state index contributed by atoms with van der Waals surface area (Å²) in [6.07, 6.45) is 0. The standard InChI is InChI=1S/C20H18ClNO3S/c1-4-26-18-17(14-7-5-6-8-16(14)25-3)19(23)22(20(18)24)15-11-13(21)10-9-12(15)2/h5-11H,4H2,1-3H3. The molecule has 4 nitrogen and oxygen atoms in total. The van der Waals surface area contributed by atoms with Crippen molar-refractivity contribution in [2.24, 2.45) is 0 Å². The van der Waals surface area contributed by atoms with Crippen LogP contribution < -0.4 is 9.64 Å². The van der Waals surface area contributed by atoms with Gasteiger partial charge in [-0.2, -0.15) is 0 Å². The zero-order valence-electron chi connectivity index (χ0n) is 14.7. The molecule has 1 heterocycles. The maximum atomic E-state index is 13.3. The summed E-state index contributed by atoms with van der Waals surface area (Å²) in [4.78, 5) is 28.0. The van der Waals surface area contributed by atoms with Gasteiger partial charge in [0, 0.05) is 10.6 Å². The molecular weight excluding hydrogens is 370 g/mol. The van der Waals surface area contributed by atoms with Gasteiger partial charge in [-0.15, -0.1) is 11.8 Å². The van der Waals surface area contributed by atoms with Crippen LogP contribution in [0.4, 0.5) is 5.69 Å². The van der Waals surface area contributed by atoms with Crippen LogP contribution in [-0.2, 0) is 9.59 Å². The third-order valence-electron chi connectivity index (χ3n) is 4.12. The van der Waals surface area contributed by atoms with E-state index in [1.165, 1.54) is 16.7 Å². The van der Waals surface area contributed by atoms with E-state index >= 15 is 0 Å². The lowest BCUT2D eigenvalue weighted by Gasteiger charge is -2.18. The highest BCUT2D eigenvalue weighted by atomic mass is 35.5. The first kappa shape index (κ1) is 18.5. The zero-order valence-corrected chi connectivity index (χ0v) is 16.3. The molecule has 0 spiro atoms. The predicted octanol–water partition coefficient (Wildman–Crippen LogP) is 4.69. The van der Waals surface area contributed by atoms with Crippen LogP contribution in [0.5, 0.6) is 5.75 Å². The highest BCUT2D eigenvalue weighted by Gasteiger charge is 2.41. The Morgan fingerprint density at radius 3 is 2.54 bits per heavy atom. The van der Waals surface area contributed by atoms with Crippen LogP contribution in [-0.4, -0.2) is 24.7 Å². The van der Waals surface area contributed by atoms with E-state index in [-0.39, 0.29) is 11.8 Å². The first-order valence-electron chi connectivity index (χ1n) is 8.15. The number of hydrogen-bond acceptors (Lipinski definition) is 4. The van der Waals surface area contributed by atoms with Crippen molar-refractivity contribution in [1.29, 1.82) is 0 Å². The molecule has 0 fully saturated rings. The summed E-state index contributed by atoms with van der Waals surface area (Å²) >= 11 is 7.46. The fourth-order valence-electron chi connectivity index (χ4n) is 2.92. The molecule has 0 atom stereocenters. The molecule has 1 aliphatic rings. The lowest BCUT2D eigenvalue weighted by Crippen LogP contribution is -2.32. The van der Waals surface area contributed by atoms with Crippen LogP contribution in [0.3, 0.4) is 0 Å². The number of benzene rings is 2. The average Bonchev–Trinajstić information content (AvgIpc) is 2.87. The van der Waals surface area contributed by atoms with E-state index in [1.807, 2.05) is 26.0 Å². The summed E-state index contributed by atoms with van der Waals surface area (Å²) in [6.45, 7) is 3.79. The normalized spacial score (nSPS) is 14.4. The number of nitrogens with zero attached hydrogens (tertiary/aromatic N) is 1. The van der Waals surface area contributed by atoms with E-state index in [4.69, 9.17) is 16.3 Å². The summed E-state index contributed by atoms with van der Waals surface area (Å²) in [5.41, 5.74) is 2.30. The lowest BCUT2D eigenvalue weighted by molar-refractivity contribution is -0.119. The minimum Gasteiger partial charge on any atom is -0.496 e. The van der Waals surface area contributed by atoms with Gasteiger partial charge in [-0.1, -0.05) is 42.8 Å². The van der Waals surface area contributed by atoms with Gasteiger partial charge in [-0.3, -0.25) is 9.59 Å². The molecule has 3 rings (SSSR count). The van der Waals surface area contributed by atoms with E-state index < -0.39 is 0 Å². The van der Waals surface area contributed by atoms with Crippen molar-refractivity contribution in [3.63, 3.8) is 0 Å². The van der Waals surface area contributed by atoms with Crippen LogP contribution in [0.25, 0.3) is 5.57 Å². The average molecular weight is 388 g/mol. The summed E-state index contributed by atoms with van der Waals surface area (Å²) < 4.78 is 5.41. The first-order chi connectivity index (χ1) is 12.5. The zero-order chi connectivity index (χ0) is 18.8. The topological polar surface area (TPSA) is 46.6 Å². The van der Waals surface area contributed by atoms with Crippen molar-refractivity contribution < 1.29 is 14.3 Å². The van der Waals surface area contributed by atoms with E-state index in [1.54, 1.807) is 37.4 Å². The minimum absolute atomic E-state index is 0.326. The van der Waals surface area contributed by atoms with Gasteiger partial charge < -0.3 is 4.74 Å². The van der Waals surface area contributed by atoms with Crippen LogP contribution in [0, 0.1) is 6.92 Å². The van der Waals surface area contributed by atoms with Gasteiger partial charge in [0.2, 0.25) is 0 Å². The molecule has 134 valence electrons. The molecule has 0 unspecified atom stereocenters.